The summed E-state index contributed by atoms with van der Waals surface area (Å²) in [6, 6.07) is 10.5. The van der Waals surface area contributed by atoms with Crippen LogP contribution in [0, 0.1) is 17.0 Å². The lowest BCUT2D eigenvalue weighted by Crippen LogP contribution is -2.46. The lowest BCUT2D eigenvalue weighted by atomic mass is 10.1. The van der Waals surface area contributed by atoms with Crippen LogP contribution in [0.5, 0.6) is 0 Å². The van der Waals surface area contributed by atoms with Crippen molar-refractivity contribution in [3.63, 3.8) is 0 Å². The molecule has 2 amide bonds. The van der Waals surface area contributed by atoms with Crippen LogP contribution in [0.3, 0.4) is 0 Å². The van der Waals surface area contributed by atoms with Crippen LogP contribution in [-0.2, 0) is 11.2 Å². The van der Waals surface area contributed by atoms with E-state index in [0.29, 0.717) is 17.7 Å². The van der Waals surface area contributed by atoms with Gasteiger partial charge < -0.3 is 5.73 Å². The Morgan fingerprint density at radius 1 is 1.25 bits per heavy atom. The van der Waals surface area contributed by atoms with E-state index in [0.717, 1.165) is 5.56 Å². The first-order valence-electron chi connectivity index (χ1n) is 7.36. The van der Waals surface area contributed by atoms with Gasteiger partial charge in [0.2, 0.25) is 5.91 Å². The summed E-state index contributed by atoms with van der Waals surface area (Å²) in [7, 11) is 0. The molecule has 0 unspecified atom stereocenters. The molecule has 7 heteroatoms. The van der Waals surface area contributed by atoms with Gasteiger partial charge in [-0.1, -0.05) is 24.3 Å². The topological polar surface area (TPSA) is 107 Å². The van der Waals surface area contributed by atoms with Gasteiger partial charge in [-0.2, -0.15) is 0 Å². The van der Waals surface area contributed by atoms with Crippen LogP contribution in [0.15, 0.2) is 42.5 Å². The van der Waals surface area contributed by atoms with Gasteiger partial charge in [0, 0.05) is 29.8 Å². The number of anilines is 1. The summed E-state index contributed by atoms with van der Waals surface area (Å²) in [5.41, 5.74) is 7.52. The minimum atomic E-state index is -0.798. The number of nitrogens with zero attached hydrogens (tertiary/aromatic N) is 2. The first-order chi connectivity index (χ1) is 11.4. The highest BCUT2D eigenvalue weighted by molar-refractivity contribution is 6.12. The van der Waals surface area contributed by atoms with Crippen LogP contribution in [0.4, 0.5) is 11.4 Å². The fourth-order valence-corrected chi connectivity index (χ4v) is 2.95. The predicted octanol–water partition coefficient (Wildman–Crippen LogP) is 1.96. The number of aryl methyl sites for hydroxylation is 1. The van der Waals surface area contributed by atoms with Crippen molar-refractivity contribution in [3.05, 3.63) is 69.3 Å². The van der Waals surface area contributed by atoms with Crippen molar-refractivity contribution in [2.24, 2.45) is 5.73 Å². The van der Waals surface area contributed by atoms with E-state index in [4.69, 9.17) is 5.73 Å². The summed E-state index contributed by atoms with van der Waals surface area (Å²) in [5, 5.41) is 11.0. The average Bonchev–Trinajstić information content (AvgIpc) is 2.94. The number of primary amides is 1. The van der Waals surface area contributed by atoms with E-state index in [1.54, 1.807) is 19.1 Å². The van der Waals surface area contributed by atoms with Gasteiger partial charge in [-0.3, -0.25) is 24.6 Å². The Hall–Kier alpha value is -3.22. The third kappa shape index (κ3) is 2.50. The number of carbonyl (C=O) groups is 2. The summed E-state index contributed by atoms with van der Waals surface area (Å²) in [6.45, 7) is 1.69. The normalized spacial score (nSPS) is 15.9. The number of benzene rings is 2. The maximum absolute atomic E-state index is 13.0. The Bertz CT molecular complexity index is 863. The van der Waals surface area contributed by atoms with Gasteiger partial charge in [-0.25, -0.2) is 0 Å². The standard InChI is InChI=1S/C17H15N3O4/c1-10-6-7-12(20(23)24)9-13(10)17(22)19-14-5-3-2-4-11(14)8-15(19)16(18)21/h2-7,9,15H,8H2,1H3,(H2,18,21)/t15-/m0/s1. The highest BCUT2D eigenvalue weighted by Crippen LogP contribution is 2.34. The number of nitro benzene ring substituents is 1. The predicted molar refractivity (Wildman–Crippen MR) is 87.8 cm³/mol. The van der Waals surface area contributed by atoms with Gasteiger partial charge in [0.05, 0.1) is 4.92 Å². The van der Waals surface area contributed by atoms with Gasteiger partial charge in [-0.05, 0) is 24.1 Å². The van der Waals surface area contributed by atoms with Crippen molar-refractivity contribution >= 4 is 23.2 Å². The summed E-state index contributed by atoms with van der Waals surface area (Å²) >= 11 is 0. The van der Waals surface area contributed by atoms with E-state index in [2.05, 4.69) is 0 Å². The fourth-order valence-electron chi connectivity index (χ4n) is 2.95. The molecule has 0 saturated carbocycles. The SMILES string of the molecule is Cc1ccc([N+](=O)[O-])cc1C(=O)N1c2ccccc2C[C@H]1C(N)=O. The molecule has 7 nitrogen and oxygen atoms in total. The van der Waals surface area contributed by atoms with Gasteiger partial charge in [0.25, 0.3) is 11.6 Å². The maximum Gasteiger partial charge on any atom is 0.270 e. The Morgan fingerprint density at radius 2 is 1.96 bits per heavy atom. The lowest BCUT2D eigenvalue weighted by molar-refractivity contribution is -0.384. The molecule has 1 aliphatic rings. The molecule has 0 aliphatic carbocycles. The minimum absolute atomic E-state index is 0.174. The van der Waals surface area contributed by atoms with Crippen molar-refractivity contribution in [1.29, 1.82) is 0 Å². The van der Waals surface area contributed by atoms with Gasteiger partial charge in [0.1, 0.15) is 6.04 Å². The van der Waals surface area contributed by atoms with E-state index in [1.807, 2.05) is 12.1 Å². The zero-order valence-electron chi connectivity index (χ0n) is 12.9. The first-order valence-corrected chi connectivity index (χ1v) is 7.36. The largest absolute Gasteiger partial charge is 0.368 e. The Kier molecular flexibility index (Phi) is 3.76. The van der Waals surface area contributed by atoms with Gasteiger partial charge in [-0.15, -0.1) is 0 Å². The molecule has 1 atom stereocenters. The number of rotatable bonds is 3. The number of carbonyl (C=O) groups excluding carboxylic acids is 2. The molecule has 0 spiro atoms. The molecule has 1 heterocycles. The zero-order valence-corrected chi connectivity index (χ0v) is 12.9. The lowest BCUT2D eigenvalue weighted by Gasteiger charge is -2.24. The van der Waals surface area contributed by atoms with Crippen molar-refractivity contribution < 1.29 is 14.5 Å². The average molecular weight is 325 g/mol. The van der Waals surface area contributed by atoms with E-state index in [9.17, 15) is 19.7 Å². The van der Waals surface area contributed by atoms with Crippen LogP contribution in [0.1, 0.15) is 21.5 Å². The molecular weight excluding hydrogens is 310 g/mol. The van der Waals surface area contributed by atoms with E-state index in [1.165, 1.54) is 23.1 Å². The molecule has 0 fully saturated rings. The number of nitrogens with two attached hydrogens (primary N) is 1. The van der Waals surface area contributed by atoms with Crippen molar-refractivity contribution in [2.45, 2.75) is 19.4 Å². The smallest absolute Gasteiger partial charge is 0.270 e. The van der Waals surface area contributed by atoms with Crippen LogP contribution in [-0.4, -0.2) is 22.8 Å². The van der Waals surface area contributed by atoms with E-state index in [-0.39, 0.29) is 11.3 Å². The molecule has 2 aromatic rings. The molecule has 24 heavy (non-hydrogen) atoms. The Morgan fingerprint density at radius 3 is 2.62 bits per heavy atom. The molecule has 3 rings (SSSR count). The number of hydrogen-bond acceptors (Lipinski definition) is 4. The van der Waals surface area contributed by atoms with Crippen LogP contribution in [0.25, 0.3) is 0 Å². The molecule has 122 valence electrons. The summed E-state index contributed by atoms with van der Waals surface area (Å²) < 4.78 is 0. The zero-order chi connectivity index (χ0) is 17.4. The summed E-state index contributed by atoms with van der Waals surface area (Å²) in [4.78, 5) is 36.6. The van der Waals surface area contributed by atoms with Crippen LogP contribution < -0.4 is 10.6 Å². The summed E-state index contributed by atoms with van der Waals surface area (Å²) in [5.74, 6) is -1.08. The Balaban J connectivity index is 2.10. The Labute approximate surface area is 137 Å². The van der Waals surface area contributed by atoms with Crippen molar-refractivity contribution in [3.8, 4) is 0 Å². The second-order valence-corrected chi connectivity index (χ2v) is 5.68. The van der Waals surface area contributed by atoms with E-state index < -0.39 is 22.8 Å². The third-order valence-electron chi connectivity index (χ3n) is 4.19. The fraction of sp³-hybridized carbons (Fsp3) is 0.176. The van der Waals surface area contributed by atoms with Crippen molar-refractivity contribution in [2.75, 3.05) is 4.90 Å². The van der Waals surface area contributed by atoms with Gasteiger partial charge >= 0.3 is 0 Å². The molecule has 0 bridgehead atoms. The quantitative estimate of drug-likeness (QED) is 0.687. The molecule has 0 radical (unpaired) electrons. The summed E-state index contributed by atoms with van der Waals surface area (Å²) in [6.07, 6.45) is 0.339. The molecular formula is C17H15N3O4. The number of fused-ring (bicyclic) bond motifs is 1. The molecule has 2 aromatic carbocycles. The monoisotopic (exact) mass is 325 g/mol. The number of non-ortho nitro benzene ring substituents is 1. The number of amides is 2. The minimum Gasteiger partial charge on any atom is -0.368 e. The number of nitro groups is 1. The molecule has 0 saturated heterocycles. The molecule has 0 aromatic heterocycles. The second-order valence-electron chi connectivity index (χ2n) is 5.68. The number of hydrogen-bond donors (Lipinski definition) is 1. The first kappa shape index (κ1) is 15.7. The van der Waals surface area contributed by atoms with Crippen LogP contribution >= 0.6 is 0 Å². The third-order valence-corrected chi connectivity index (χ3v) is 4.19. The molecule has 1 aliphatic heterocycles. The van der Waals surface area contributed by atoms with Crippen molar-refractivity contribution in [1.82, 2.24) is 0 Å². The number of para-hydroxylation sites is 1. The molecule has 2 N–H and O–H groups in total. The highest BCUT2D eigenvalue weighted by atomic mass is 16.6. The maximum atomic E-state index is 13.0. The van der Waals surface area contributed by atoms with E-state index >= 15 is 0 Å². The second kappa shape index (κ2) is 5.77. The highest BCUT2D eigenvalue weighted by Gasteiger charge is 2.38. The van der Waals surface area contributed by atoms with Gasteiger partial charge in [0.15, 0.2) is 0 Å². The van der Waals surface area contributed by atoms with Crippen LogP contribution in [0.2, 0.25) is 0 Å².